The van der Waals surface area contributed by atoms with Crippen LogP contribution >= 0.6 is 0 Å². The number of imide groups is 4. The number of likely N-dealkylation sites (N-methyl/N-ethyl adjacent to an activating group) is 4. The monoisotopic (exact) mass is 1420 g/mol. The molecule has 105 heavy (non-hydrogen) atoms. The molecule has 8 amide bonds. The first-order valence-corrected chi connectivity index (χ1v) is 37.9. The fraction of sp³-hybridized carbons (Fsp3) is 0.435. The van der Waals surface area contributed by atoms with Gasteiger partial charge in [-0.15, -0.1) is 0 Å². The van der Waals surface area contributed by atoms with Gasteiger partial charge >= 0.3 is 0 Å². The molecular weight excluding hydrogens is 1320 g/mol. The third-order valence-electron chi connectivity index (χ3n) is 21.1. The Kier molecular flexibility index (Phi) is 25.2. The van der Waals surface area contributed by atoms with Crippen molar-refractivity contribution in [1.29, 1.82) is 0 Å². The summed E-state index contributed by atoms with van der Waals surface area (Å²) in [6.45, 7) is 15.4. The molecule has 0 aromatic heterocycles. The third-order valence-corrected chi connectivity index (χ3v) is 21.1. The second-order valence-electron chi connectivity index (χ2n) is 29.4. The average Bonchev–Trinajstić information content (AvgIpc) is 0.759. The van der Waals surface area contributed by atoms with E-state index in [1.54, 1.807) is 0 Å². The zero-order valence-corrected chi connectivity index (χ0v) is 63.5. The normalized spacial score (nSPS) is 15.7. The molecule has 0 unspecified atom stereocenters. The van der Waals surface area contributed by atoms with E-state index in [9.17, 15) is 38.4 Å². The van der Waals surface area contributed by atoms with Gasteiger partial charge in [-0.25, -0.2) is 0 Å². The molecule has 2 fully saturated rings. The van der Waals surface area contributed by atoms with Crippen molar-refractivity contribution in [3.63, 3.8) is 0 Å². The molecule has 2 N–H and O–H groups in total. The van der Waals surface area contributed by atoms with Gasteiger partial charge in [0.25, 0.3) is 47.3 Å². The minimum Gasteiger partial charge on any atom is -0.385 e. The molecule has 0 radical (unpaired) electrons. The van der Waals surface area contributed by atoms with Crippen LogP contribution in [0.5, 0.6) is 0 Å². The highest BCUT2D eigenvalue weighted by Gasteiger charge is 2.38. The topological polar surface area (TPSA) is 193 Å². The van der Waals surface area contributed by atoms with Crippen LogP contribution in [-0.4, -0.2) is 234 Å². The summed E-state index contributed by atoms with van der Waals surface area (Å²) in [4.78, 5) is 122. The number of carbonyl (C=O) groups is 8. The van der Waals surface area contributed by atoms with Gasteiger partial charge in [-0.1, -0.05) is 94.0 Å². The molecule has 1 saturated carbocycles. The smallest absolute Gasteiger partial charge is 0.261 e. The Hall–Kier alpha value is -9.60. The fourth-order valence-corrected chi connectivity index (χ4v) is 15.3. The number of unbranched alkanes of at least 4 members (excludes halogenated alkanes) is 3. The van der Waals surface area contributed by atoms with Crippen molar-refractivity contribution in [3.8, 4) is 0 Å². The number of carbonyl (C=O) groups excluding carboxylic acids is 8. The third kappa shape index (κ3) is 16.4. The Bertz CT molecular complexity index is 4480. The van der Waals surface area contributed by atoms with Crippen LogP contribution in [0.2, 0.25) is 0 Å². The quantitative estimate of drug-likeness (QED) is 0.0428. The minimum atomic E-state index is -0.194. The molecule has 14 rings (SSSR count). The number of rotatable bonds is 24. The number of hydrogen-bond acceptors (Lipinski definition) is 16. The van der Waals surface area contributed by atoms with Gasteiger partial charge in [0.15, 0.2) is 0 Å². The summed E-state index contributed by atoms with van der Waals surface area (Å²) in [5.74, 6) is -1.50. The number of anilines is 4. The van der Waals surface area contributed by atoms with E-state index < -0.39 is 0 Å². The highest BCUT2D eigenvalue weighted by Crippen LogP contribution is 2.41. The van der Waals surface area contributed by atoms with Gasteiger partial charge in [-0.3, -0.25) is 58.0 Å². The van der Waals surface area contributed by atoms with Gasteiger partial charge in [-0.05, 0) is 182 Å². The molecule has 0 spiro atoms. The van der Waals surface area contributed by atoms with Gasteiger partial charge in [-0.2, -0.15) is 0 Å². The molecule has 554 valence electrons. The molecule has 1 saturated heterocycles. The number of nitrogens with zero attached hydrogens (tertiary/aromatic N) is 10. The molecule has 0 atom stereocenters. The second kappa shape index (κ2) is 34.5. The van der Waals surface area contributed by atoms with E-state index in [0.29, 0.717) is 103 Å². The van der Waals surface area contributed by atoms with Crippen molar-refractivity contribution in [2.45, 2.75) is 104 Å². The van der Waals surface area contributed by atoms with Gasteiger partial charge in [0.2, 0.25) is 0 Å². The van der Waals surface area contributed by atoms with Gasteiger partial charge in [0.05, 0.1) is 0 Å². The van der Waals surface area contributed by atoms with Crippen LogP contribution in [0.4, 0.5) is 22.7 Å². The van der Waals surface area contributed by atoms with E-state index in [1.807, 2.05) is 191 Å². The van der Waals surface area contributed by atoms with Crippen LogP contribution in [0, 0.1) is 0 Å². The van der Waals surface area contributed by atoms with Crippen LogP contribution in [-0.2, 0) is 0 Å². The van der Waals surface area contributed by atoms with Gasteiger partial charge < -0.3 is 40.0 Å². The lowest BCUT2D eigenvalue weighted by atomic mass is 9.91. The van der Waals surface area contributed by atoms with E-state index in [4.69, 9.17) is 0 Å². The van der Waals surface area contributed by atoms with Crippen molar-refractivity contribution >= 4 is 113 Å². The summed E-state index contributed by atoms with van der Waals surface area (Å²) < 4.78 is 0. The Morgan fingerprint density at radius 1 is 0.362 bits per heavy atom. The maximum Gasteiger partial charge on any atom is 0.261 e. The number of amides is 8. The summed E-state index contributed by atoms with van der Waals surface area (Å²) in [6, 6.07) is 39.1. The van der Waals surface area contributed by atoms with E-state index in [2.05, 4.69) is 47.3 Å². The zero-order valence-electron chi connectivity index (χ0n) is 63.5. The predicted molar refractivity (Wildman–Crippen MR) is 424 cm³/mol. The number of piperidine rings is 1. The molecule has 5 heterocycles. The molecular formula is C85H106N12O8. The Morgan fingerprint density at radius 3 is 1.13 bits per heavy atom. The predicted octanol–water partition coefficient (Wildman–Crippen LogP) is 13.6. The Morgan fingerprint density at radius 2 is 0.714 bits per heavy atom. The summed E-state index contributed by atoms with van der Waals surface area (Å²) in [5, 5.41) is 14.3. The zero-order chi connectivity index (χ0) is 74.8. The molecule has 6 aliphatic rings. The maximum atomic E-state index is 13.0. The maximum absolute atomic E-state index is 13.0. The van der Waals surface area contributed by atoms with Crippen molar-refractivity contribution in [2.75, 3.05) is 162 Å². The number of hydrogen-bond donors (Lipinski definition) is 2. The lowest BCUT2D eigenvalue weighted by Gasteiger charge is -2.32. The average molecular weight is 1420 g/mol. The second-order valence-corrected chi connectivity index (χ2v) is 29.4. The molecule has 0 bridgehead atoms. The highest BCUT2D eigenvalue weighted by molar-refractivity contribution is 6.30. The number of benzene rings is 8. The van der Waals surface area contributed by atoms with Crippen molar-refractivity contribution in [2.24, 2.45) is 0 Å². The molecule has 20 nitrogen and oxygen atoms in total. The summed E-state index contributed by atoms with van der Waals surface area (Å²) in [5.41, 5.74) is 9.30. The first-order valence-electron chi connectivity index (χ1n) is 37.9. The minimum absolute atomic E-state index is 0.175. The number of nitrogens with one attached hydrogen (secondary N) is 2. The van der Waals surface area contributed by atoms with Crippen molar-refractivity contribution < 1.29 is 38.4 Å². The van der Waals surface area contributed by atoms with Crippen LogP contribution in [0.25, 0.3) is 43.1 Å². The first-order chi connectivity index (χ1) is 50.7. The van der Waals surface area contributed by atoms with E-state index in [1.165, 1.54) is 90.2 Å². The molecule has 20 heteroatoms. The van der Waals surface area contributed by atoms with Crippen LogP contribution in [0.3, 0.4) is 0 Å². The molecule has 8 aromatic carbocycles. The van der Waals surface area contributed by atoms with E-state index in [-0.39, 0.29) is 47.3 Å². The largest absolute Gasteiger partial charge is 0.385 e. The van der Waals surface area contributed by atoms with Gasteiger partial charge in [0, 0.05) is 201 Å². The summed E-state index contributed by atoms with van der Waals surface area (Å²) in [7, 11) is 15.5. The molecule has 1 aliphatic carbocycles. The SMILES string of the molecule is CCCCCCNc1ccc2c3c(cccc13)C(=O)N(CCN(C)C)C2=O.CCN(CC)c1ccc2c3c(cccc13)C(=O)N(CCN(C)C)C2=O.CN(C)CCN1C(=O)c2cccc3c(N4CCCCC4)ccc(c23)C1=O.CN(C)CCN1C(=O)c2cccc3c(NC4CCCCC4)ccc(c23)C1=O. The molecule has 5 aliphatic heterocycles. The first kappa shape index (κ1) is 76.5. The fourth-order valence-electron chi connectivity index (χ4n) is 15.3. The van der Waals surface area contributed by atoms with Crippen LogP contribution in [0.15, 0.2) is 121 Å². The van der Waals surface area contributed by atoms with Crippen molar-refractivity contribution in [3.05, 3.63) is 166 Å². The molecule has 8 aromatic rings. The lowest BCUT2D eigenvalue weighted by Crippen LogP contribution is -2.43. The van der Waals surface area contributed by atoms with Crippen LogP contribution in [0.1, 0.15) is 181 Å². The van der Waals surface area contributed by atoms with Gasteiger partial charge in [0.1, 0.15) is 0 Å². The van der Waals surface area contributed by atoms with Crippen molar-refractivity contribution in [1.82, 2.24) is 39.2 Å². The Balaban J connectivity index is 0.000000140. The Labute approximate surface area is 619 Å². The van der Waals surface area contributed by atoms with Crippen LogP contribution < -0.4 is 20.4 Å². The lowest BCUT2D eigenvalue weighted by molar-refractivity contribution is 0.0585. The summed E-state index contributed by atoms with van der Waals surface area (Å²) >= 11 is 0. The standard InChI is InChI=1S/C22H27N3O2.C22H29N3O2.C21H25N3O2.C20H25N3O2/c1-24(2)13-14-25-21(26)17-10-6-9-16-19(23-15-7-4-3-5-8-15)12-11-18(20(16)17)22(25)27;1-4-5-6-7-13-23-19-12-11-18-20-16(19)9-8-10-17(20)21(26)25(22(18)27)15-14-24(2)3;1-22(2)13-14-24-20(25)16-8-6-7-15-18(23-11-4-3-5-12-23)10-9-17(19(15)16)21(24)26;1-5-22(6-2)17-11-10-16-18-14(17)8-7-9-15(18)19(24)23(20(16)25)13-12-21(3)4/h6,9-12,15,23H,3-5,7-8,13-14H2,1-2H3;8-12,23H,4-7,13-15H2,1-3H3;6-10H,3-5,11-14H2,1-2H3;7-11H,5-6,12-13H2,1-4H3. The van der Waals surface area contributed by atoms with E-state index in [0.717, 1.165) is 105 Å². The summed E-state index contributed by atoms with van der Waals surface area (Å²) in [6.07, 6.45) is 14.6. The van der Waals surface area contributed by atoms with E-state index >= 15 is 0 Å². The highest BCUT2D eigenvalue weighted by atomic mass is 16.2.